The number of rotatable bonds is 7. The molecule has 0 aliphatic rings. The fourth-order valence-corrected chi connectivity index (χ4v) is 1.80. The number of carbonyl (C=O) groups excluding carboxylic acids is 1. The molecule has 0 heterocycles. The van der Waals surface area contributed by atoms with Gasteiger partial charge in [0.2, 0.25) is 5.91 Å². The molecule has 1 aromatic carbocycles. The van der Waals surface area contributed by atoms with Crippen LogP contribution in [0.3, 0.4) is 0 Å². The average molecular weight is 264 g/mol. The summed E-state index contributed by atoms with van der Waals surface area (Å²) in [5.41, 5.74) is 6.35. The van der Waals surface area contributed by atoms with Crippen LogP contribution in [-0.4, -0.2) is 29.6 Å². The van der Waals surface area contributed by atoms with Crippen molar-refractivity contribution in [2.24, 2.45) is 11.7 Å². The molecule has 2 unspecified atom stereocenters. The predicted molar refractivity (Wildman–Crippen MR) is 72.5 cm³/mol. The fraction of sp³-hybridized carbons (Fsp3) is 0.429. The van der Waals surface area contributed by atoms with E-state index >= 15 is 0 Å². The third-order valence-electron chi connectivity index (χ3n) is 3.05. The van der Waals surface area contributed by atoms with Crippen LogP contribution in [0.5, 0.6) is 0 Å². The SMILES string of the molecule is CCC(CN)C(=O)NC(Cc1ccccc1)C(=O)O. The molecule has 0 aliphatic carbocycles. The number of benzene rings is 1. The van der Waals surface area contributed by atoms with E-state index in [4.69, 9.17) is 10.8 Å². The summed E-state index contributed by atoms with van der Waals surface area (Å²) in [4.78, 5) is 23.0. The van der Waals surface area contributed by atoms with E-state index in [1.54, 1.807) is 0 Å². The number of hydrogen-bond donors (Lipinski definition) is 3. The molecular weight excluding hydrogens is 244 g/mol. The summed E-state index contributed by atoms with van der Waals surface area (Å²) in [6.45, 7) is 2.07. The van der Waals surface area contributed by atoms with Crippen LogP contribution in [0.2, 0.25) is 0 Å². The standard InChI is InChI=1S/C14H20N2O3/c1-2-11(9-15)13(17)16-12(14(18)19)8-10-6-4-3-5-7-10/h3-7,11-12H,2,8-9,15H2,1H3,(H,16,17)(H,18,19). The van der Waals surface area contributed by atoms with E-state index in [0.717, 1.165) is 5.56 Å². The van der Waals surface area contributed by atoms with Gasteiger partial charge in [-0.25, -0.2) is 4.79 Å². The molecule has 0 saturated heterocycles. The lowest BCUT2D eigenvalue weighted by molar-refractivity contribution is -0.142. The Morgan fingerprint density at radius 2 is 1.95 bits per heavy atom. The van der Waals surface area contributed by atoms with Crippen molar-refractivity contribution in [2.45, 2.75) is 25.8 Å². The van der Waals surface area contributed by atoms with Gasteiger partial charge in [0.15, 0.2) is 0 Å². The van der Waals surface area contributed by atoms with Crippen molar-refractivity contribution in [2.75, 3.05) is 6.54 Å². The molecule has 5 heteroatoms. The van der Waals surface area contributed by atoms with Gasteiger partial charge < -0.3 is 16.2 Å². The quantitative estimate of drug-likeness (QED) is 0.678. The second kappa shape index (κ2) is 7.53. The highest BCUT2D eigenvalue weighted by Gasteiger charge is 2.23. The average Bonchev–Trinajstić information content (AvgIpc) is 2.40. The molecule has 0 aliphatic heterocycles. The Bertz CT molecular complexity index is 416. The number of nitrogens with one attached hydrogen (secondary N) is 1. The van der Waals surface area contributed by atoms with Gasteiger partial charge >= 0.3 is 5.97 Å². The van der Waals surface area contributed by atoms with Crippen molar-refractivity contribution in [1.82, 2.24) is 5.32 Å². The van der Waals surface area contributed by atoms with E-state index < -0.39 is 12.0 Å². The highest BCUT2D eigenvalue weighted by atomic mass is 16.4. The molecule has 1 rings (SSSR count). The van der Waals surface area contributed by atoms with Crippen molar-refractivity contribution >= 4 is 11.9 Å². The highest BCUT2D eigenvalue weighted by molar-refractivity contribution is 5.85. The Labute approximate surface area is 112 Å². The smallest absolute Gasteiger partial charge is 0.326 e. The van der Waals surface area contributed by atoms with Crippen LogP contribution in [0.1, 0.15) is 18.9 Å². The Balaban J connectivity index is 2.69. The van der Waals surface area contributed by atoms with Crippen molar-refractivity contribution in [1.29, 1.82) is 0 Å². The minimum Gasteiger partial charge on any atom is -0.480 e. The van der Waals surface area contributed by atoms with Crippen LogP contribution in [0, 0.1) is 5.92 Å². The maximum Gasteiger partial charge on any atom is 0.326 e. The number of carboxylic acids is 1. The number of carboxylic acid groups (broad SMARTS) is 1. The van der Waals surface area contributed by atoms with Crippen LogP contribution in [-0.2, 0) is 16.0 Å². The highest BCUT2D eigenvalue weighted by Crippen LogP contribution is 2.06. The third kappa shape index (κ3) is 4.71. The second-order valence-corrected chi connectivity index (χ2v) is 4.43. The molecule has 0 spiro atoms. The van der Waals surface area contributed by atoms with Crippen molar-refractivity contribution in [3.8, 4) is 0 Å². The van der Waals surface area contributed by atoms with Crippen LogP contribution in [0.15, 0.2) is 30.3 Å². The van der Waals surface area contributed by atoms with Crippen LogP contribution < -0.4 is 11.1 Å². The number of amides is 1. The summed E-state index contributed by atoms with van der Waals surface area (Å²) in [5.74, 6) is -1.67. The summed E-state index contributed by atoms with van der Waals surface area (Å²) in [5, 5.41) is 11.7. The molecule has 104 valence electrons. The Morgan fingerprint density at radius 3 is 2.42 bits per heavy atom. The fourth-order valence-electron chi connectivity index (χ4n) is 1.80. The first-order valence-electron chi connectivity index (χ1n) is 6.35. The maximum atomic E-state index is 11.9. The molecule has 0 bridgehead atoms. The zero-order valence-corrected chi connectivity index (χ0v) is 11.0. The first kappa shape index (κ1) is 15.2. The van der Waals surface area contributed by atoms with Gasteiger partial charge in [-0.2, -0.15) is 0 Å². The zero-order valence-electron chi connectivity index (χ0n) is 11.0. The van der Waals surface area contributed by atoms with Gasteiger partial charge in [0.1, 0.15) is 6.04 Å². The molecule has 5 nitrogen and oxygen atoms in total. The molecule has 4 N–H and O–H groups in total. The van der Waals surface area contributed by atoms with Crippen molar-refractivity contribution in [3.05, 3.63) is 35.9 Å². The predicted octanol–water partition coefficient (Wildman–Crippen LogP) is 0.783. The van der Waals surface area contributed by atoms with Crippen molar-refractivity contribution in [3.63, 3.8) is 0 Å². The minimum atomic E-state index is -1.04. The topological polar surface area (TPSA) is 92.4 Å². The molecule has 2 atom stereocenters. The summed E-state index contributed by atoms with van der Waals surface area (Å²) in [6, 6.07) is 8.29. The van der Waals surface area contributed by atoms with E-state index in [1.165, 1.54) is 0 Å². The first-order chi connectivity index (χ1) is 9.08. The first-order valence-corrected chi connectivity index (χ1v) is 6.35. The third-order valence-corrected chi connectivity index (χ3v) is 3.05. The molecular formula is C14H20N2O3. The molecule has 0 saturated carbocycles. The number of carbonyl (C=O) groups is 2. The molecule has 0 radical (unpaired) electrons. The Hall–Kier alpha value is -1.88. The molecule has 1 aromatic rings. The number of aliphatic carboxylic acids is 1. The molecule has 1 amide bonds. The largest absolute Gasteiger partial charge is 0.480 e. The lowest BCUT2D eigenvalue weighted by Crippen LogP contribution is -2.46. The number of nitrogens with two attached hydrogens (primary N) is 1. The second-order valence-electron chi connectivity index (χ2n) is 4.43. The van der Waals surface area contributed by atoms with E-state index in [1.807, 2.05) is 37.3 Å². The summed E-state index contributed by atoms with van der Waals surface area (Å²) in [7, 11) is 0. The van der Waals surface area contributed by atoms with Gasteiger partial charge in [-0.1, -0.05) is 37.3 Å². The van der Waals surface area contributed by atoms with Crippen LogP contribution >= 0.6 is 0 Å². The molecule has 0 fully saturated rings. The van der Waals surface area contributed by atoms with Gasteiger partial charge in [0.25, 0.3) is 0 Å². The van der Waals surface area contributed by atoms with Crippen LogP contribution in [0.4, 0.5) is 0 Å². The van der Waals surface area contributed by atoms with E-state index in [-0.39, 0.29) is 24.8 Å². The maximum absolute atomic E-state index is 11.9. The van der Waals surface area contributed by atoms with E-state index in [9.17, 15) is 9.59 Å². The summed E-state index contributed by atoms with van der Waals surface area (Å²) >= 11 is 0. The van der Waals surface area contributed by atoms with Gasteiger partial charge in [-0.3, -0.25) is 4.79 Å². The summed E-state index contributed by atoms with van der Waals surface area (Å²) in [6.07, 6.45) is 0.864. The molecule has 0 aromatic heterocycles. The lowest BCUT2D eigenvalue weighted by atomic mass is 10.0. The zero-order chi connectivity index (χ0) is 14.3. The molecule has 19 heavy (non-hydrogen) atoms. The van der Waals surface area contributed by atoms with Gasteiger partial charge in [-0.15, -0.1) is 0 Å². The normalized spacial score (nSPS) is 13.6. The van der Waals surface area contributed by atoms with Crippen LogP contribution in [0.25, 0.3) is 0 Å². The van der Waals surface area contributed by atoms with E-state index in [0.29, 0.717) is 6.42 Å². The Morgan fingerprint density at radius 1 is 1.32 bits per heavy atom. The number of hydrogen-bond acceptors (Lipinski definition) is 3. The van der Waals surface area contributed by atoms with E-state index in [2.05, 4.69) is 5.32 Å². The van der Waals surface area contributed by atoms with Gasteiger partial charge in [0.05, 0.1) is 0 Å². The van der Waals surface area contributed by atoms with Gasteiger partial charge in [-0.05, 0) is 12.0 Å². The van der Waals surface area contributed by atoms with Crippen molar-refractivity contribution < 1.29 is 14.7 Å². The summed E-state index contributed by atoms with van der Waals surface area (Å²) < 4.78 is 0. The minimum absolute atomic E-state index is 0.222. The lowest BCUT2D eigenvalue weighted by Gasteiger charge is -2.18. The monoisotopic (exact) mass is 264 g/mol. The Kier molecular flexibility index (Phi) is 6.02. The van der Waals surface area contributed by atoms with Gasteiger partial charge in [0, 0.05) is 18.9 Å².